The van der Waals surface area contributed by atoms with Gasteiger partial charge in [0.1, 0.15) is 28.1 Å². The average molecular weight is 630 g/mol. The fourth-order valence-electron chi connectivity index (χ4n) is 7.18. The van der Waals surface area contributed by atoms with E-state index in [0.717, 1.165) is 88.8 Å². The molecule has 0 fully saturated rings. The molecule has 5 nitrogen and oxygen atoms in total. The Kier molecular flexibility index (Phi) is 6.11. The second kappa shape index (κ2) is 10.9. The van der Waals surface area contributed by atoms with Gasteiger partial charge in [-0.3, -0.25) is 9.88 Å². The lowest BCUT2D eigenvalue weighted by Gasteiger charge is -2.27. The molecule has 0 spiro atoms. The van der Waals surface area contributed by atoms with E-state index in [4.69, 9.17) is 18.8 Å². The number of rotatable bonds is 5. The van der Waals surface area contributed by atoms with Gasteiger partial charge in [0.2, 0.25) is 0 Å². The molecule has 0 unspecified atom stereocenters. The van der Waals surface area contributed by atoms with Crippen molar-refractivity contribution in [3.8, 4) is 22.4 Å². The molecule has 0 N–H and O–H groups in total. The van der Waals surface area contributed by atoms with Gasteiger partial charge in [0.25, 0.3) is 0 Å². The first-order chi connectivity index (χ1) is 24.3. The van der Waals surface area contributed by atoms with Crippen LogP contribution in [0.5, 0.6) is 0 Å². The molecule has 4 aromatic heterocycles. The molecule has 0 aliphatic carbocycles. The summed E-state index contributed by atoms with van der Waals surface area (Å²) in [7, 11) is 0. The summed E-state index contributed by atoms with van der Waals surface area (Å²) in [6.45, 7) is 0. The van der Waals surface area contributed by atoms with E-state index in [-0.39, 0.29) is 0 Å². The lowest BCUT2D eigenvalue weighted by atomic mass is 9.96. The van der Waals surface area contributed by atoms with E-state index >= 15 is 0 Å². The van der Waals surface area contributed by atoms with Gasteiger partial charge in [0.05, 0.1) is 16.5 Å². The van der Waals surface area contributed by atoms with E-state index < -0.39 is 0 Å². The van der Waals surface area contributed by atoms with Crippen molar-refractivity contribution in [1.29, 1.82) is 0 Å². The number of aromatic nitrogens is 2. The van der Waals surface area contributed by atoms with Crippen LogP contribution in [0.15, 0.2) is 173 Å². The third-order valence-electron chi connectivity index (χ3n) is 9.34. The number of nitrogens with zero attached hydrogens (tertiary/aromatic N) is 3. The number of hydrogen-bond acceptors (Lipinski definition) is 5. The highest BCUT2D eigenvalue weighted by atomic mass is 16.3. The van der Waals surface area contributed by atoms with Crippen molar-refractivity contribution >= 4 is 71.8 Å². The topological polar surface area (TPSA) is 55.3 Å². The van der Waals surface area contributed by atoms with E-state index in [9.17, 15) is 0 Å². The van der Waals surface area contributed by atoms with Crippen molar-refractivity contribution in [3.05, 3.63) is 164 Å². The number of para-hydroxylation sites is 2. The van der Waals surface area contributed by atoms with Gasteiger partial charge < -0.3 is 8.83 Å². The molecule has 4 heterocycles. The average Bonchev–Trinajstić information content (AvgIpc) is 3.74. The second-order valence-electron chi connectivity index (χ2n) is 12.2. The van der Waals surface area contributed by atoms with Crippen molar-refractivity contribution in [2.24, 2.45) is 0 Å². The summed E-state index contributed by atoms with van der Waals surface area (Å²) in [5.74, 6) is 0.786. The van der Waals surface area contributed by atoms with Gasteiger partial charge in [0, 0.05) is 40.1 Å². The summed E-state index contributed by atoms with van der Waals surface area (Å²) in [5.41, 5.74) is 9.35. The molecule has 5 heteroatoms. The number of anilines is 3. The Morgan fingerprint density at radius 2 is 1.06 bits per heavy atom. The molecule has 0 saturated carbocycles. The lowest BCUT2D eigenvalue weighted by molar-refractivity contribution is 0.668. The zero-order chi connectivity index (χ0) is 32.3. The zero-order valence-electron chi connectivity index (χ0n) is 26.2. The summed E-state index contributed by atoms with van der Waals surface area (Å²) < 4.78 is 12.6. The first kappa shape index (κ1) is 27.4. The van der Waals surface area contributed by atoms with Crippen LogP contribution in [0.3, 0.4) is 0 Å². The van der Waals surface area contributed by atoms with Crippen molar-refractivity contribution in [1.82, 2.24) is 9.97 Å². The highest BCUT2D eigenvalue weighted by Gasteiger charge is 2.23. The molecule has 230 valence electrons. The molecule has 10 rings (SSSR count). The largest absolute Gasteiger partial charge is 0.456 e. The van der Waals surface area contributed by atoms with Crippen molar-refractivity contribution in [2.45, 2.75) is 0 Å². The number of benzene rings is 6. The molecule has 0 saturated heterocycles. The summed E-state index contributed by atoms with van der Waals surface area (Å²) in [4.78, 5) is 12.2. The minimum absolute atomic E-state index is 0.785. The van der Waals surface area contributed by atoms with Crippen molar-refractivity contribution < 1.29 is 8.83 Å². The molecule has 49 heavy (non-hydrogen) atoms. The van der Waals surface area contributed by atoms with Crippen LogP contribution in [0.25, 0.3) is 77.0 Å². The monoisotopic (exact) mass is 629 g/mol. The summed E-state index contributed by atoms with van der Waals surface area (Å²) in [6.07, 6.45) is 3.65. The Hall–Kier alpha value is -6.72. The van der Waals surface area contributed by atoms with Gasteiger partial charge in [-0.25, -0.2) is 4.98 Å². The molecule has 0 aliphatic rings. The Morgan fingerprint density at radius 3 is 1.86 bits per heavy atom. The predicted molar refractivity (Wildman–Crippen MR) is 200 cm³/mol. The van der Waals surface area contributed by atoms with E-state index in [1.165, 1.54) is 5.39 Å². The van der Waals surface area contributed by atoms with Crippen LogP contribution in [0, 0.1) is 0 Å². The first-order valence-electron chi connectivity index (χ1n) is 16.3. The lowest BCUT2D eigenvalue weighted by Crippen LogP contribution is -2.12. The number of fused-ring (bicyclic) bond motifs is 7. The first-order valence-corrected chi connectivity index (χ1v) is 16.3. The maximum absolute atomic E-state index is 6.36. The standard InChI is InChI=1S/C44H27N3O2/c1-2-11-28(12-3-1)36-27-32(25-29-13-4-5-16-33(29)36)47(44-42-35-18-7-9-20-38(35)49-40(42)22-24-46-44)31-15-10-14-30(26-31)43-41-34-17-6-8-19-37(34)48-39(41)21-23-45-43/h1-27H. The smallest absolute Gasteiger partial charge is 0.149 e. The summed E-state index contributed by atoms with van der Waals surface area (Å²) in [6, 6.07) is 52.4. The Morgan fingerprint density at radius 1 is 0.429 bits per heavy atom. The van der Waals surface area contributed by atoms with Crippen LogP contribution < -0.4 is 4.90 Å². The highest BCUT2D eigenvalue weighted by Crippen LogP contribution is 2.45. The highest BCUT2D eigenvalue weighted by molar-refractivity contribution is 6.14. The molecule has 0 atom stereocenters. The quantitative estimate of drug-likeness (QED) is 0.190. The molecule has 0 radical (unpaired) electrons. The van der Waals surface area contributed by atoms with Crippen molar-refractivity contribution in [3.63, 3.8) is 0 Å². The normalized spacial score (nSPS) is 11.7. The molecular formula is C44H27N3O2. The Bertz CT molecular complexity index is 2850. The fourth-order valence-corrected chi connectivity index (χ4v) is 7.18. The Labute approximate surface area is 281 Å². The van der Waals surface area contributed by atoms with Crippen molar-refractivity contribution in [2.75, 3.05) is 4.90 Å². The minimum atomic E-state index is 0.785. The third kappa shape index (κ3) is 4.40. The number of pyridine rings is 2. The van der Waals surface area contributed by atoms with Gasteiger partial charge in [-0.1, -0.05) is 103 Å². The van der Waals surface area contributed by atoms with Crippen LogP contribution in [-0.2, 0) is 0 Å². The zero-order valence-corrected chi connectivity index (χ0v) is 26.2. The van der Waals surface area contributed by atoms with E-state index in [0.29, 0.717) is 0 Å². The van der Waals surface area contributed by atoms with Crippen LogP contribution in [-0.4, -0.2) is 9.97 Å². The molecular weight excluding hydrogens is 603 g/mol. The van der Waals surface area contributed by atoms with Gasteiger partial charge >= 0.3 is 0 Å². The van der Waals surface area contributed by atoms with E-state index in [1.807, 2.05) is 60.9 Å². The summed E-state index contributed by atoms with van der Waals surface area (Å²) in [5, 5.41) is 6.34. The minimum Gasteiger partial charge on any atom is -0.456 e. The molecule has 0 amide bonds. The molecule has 0 bridgehead atoms. The van der Waals surface area contributed by atoms with Crippen LogP contribution in [0.4, 0.5) is 17.2 Å². The van der Waals surface area contributed by atoms with Gasteiger partial charge in [0.15, 0.2) is 0 Å². The van der Waals surface area contributed by atoms with E-state index in [2.05, 4.69) is 108 Å². The SMILES string of the molecule is c1ccc(-c2cc(N(c3cccc(-c4nccc5oc6ccccc6c45)c3)c3nccc4oc5ccccc5c34)cc3ccccc23)cc1. The predicted octanol–water partition coefficient (Wildman–Crippen LogP) is 12.2. The van der Waals surface area contributed by atoms with E-state index in [1.54, 1.807) is 0 Å². The number of furan rings is 2. The Balaban J connectivity index is 1.27. The third-order valence-corrected chi connectivity index (χ3v) is 9.34. The van der Waals surface area contributed by atoms with Crippen LogP contribution >= 0.6 is 0 Å². The second-order valence-corrected chi connectivity index (χ2v) is 12.2. The maximum atomic E-state index is 6.36. The fraction of sp³-hybridized carbons (Fsp3) is 0. The van der Waals surface area contributed by atoms with Gasteiger partial charge in [-0.15, -0.1) is 0 Å². The van der Waals surface area contributed by atoms with Crippen LogP contribution in [0.2, 0.25) is 0 Å². The molecule has 0 aliphatic heterocycles. The van der Waals surface area contributed by atoms with Gasteiger partial charge in [-0.2, -0.15) is 0 Å². The summed E-state index contributed by atoms with van der Waals surface area (Å²) >= 11 is 0. The molecule has 10 aromatic rings. The van der Waals surface area contributed by atoms with Gasteiger partial charge in [-0.05, 0) is 70.4 Å². The van der Waals surface area contributed by atoms with Crippen LogP contribution in [0.1, 0.15) is 0 Å². The maximum Gasteiger partial charge on any atom is 0.149 e. The number of hydrogen-bond donors (Lipinski definition) is 0. The molecule has 6 aromatic carbocycles.